The molecule has 0 fully saturated rings. The highest BCUT2D eigenvalue weighted by Gasteiger charge is 2.22. The van der Waals surface area contributed by atoms with Crippen molar-refractivity contribution in [1.82, 2.24) is 4.31 Å². The van der Waals surface area contributed by atoms with Crippen molar-refractivity contribution in [2.75, 3.05) is 23.7 Å². The van der Waals surface area contributed by atoms with Gasteiger partial charge in [0, 0.05) is 36.6 Å². The number of non-ortho nitro benzene ring substituents is 1. The molecule has 0 aromatic heterocycles. The number of hydrogen-bond donors (Lipinski definition) is 2. The third-order valence-electron chi connectivity index (χ3n) is 4.03. The van der Waals surface area contributed by atoms with Crippen LogP contribution in [0.1, 0.15) is 26.7 Å². The number of hydrogen-bond acceptors (Lipinski definition) is 5. The SMILES string of the molecule is CCCN(CCC)S(=O)(=O)c1ccc(NC(=O)Nc2ccc([N+](=O)[O-])cc2)cc1. The Bertz CT molecular complexity index is 938. The summed E-state index contributed by atoms with van der Waals surface area (Å²) in [5.74, 6) is 0. The van der Waals surface area contributed by atoms with E-state index in [1.807, 2.05) is 13.8 Å². The number of nitrogens with zero attached hydrogens (tertiary/aromatic N) is 2. The first kappa shape index (κ1) is 22.3. The molecule has 0 bridgehead atoms. The van der Waals surface area contributed by atoms with Crippen LogP contribution in [0.3, 0.4) is 0 Å². The number of amides is 2. The lowest BCUT2D eigenvalue weighted by Gasteiger charge is -2.21. The minimum Gasteiger partial charge on any atom is -0.308 e. The van der Waals surface area contributed by atoms with E-state index in [9.17, 15) is 23.3 Å². The summed E-state index contributed by atoms with van der Waals surface area (Å²) >= 11 is 0. The molecule has 0 radical (unpaired) electrons. The molecular weight excluding hydrogens is 396 g/mol. The maximum Gasteiger partial charge on any atom is 0.323 e. The van der Waals surface area contributed by atoms with Gasteiger partial charge in [0.25, 0.3) is 5.69 Å². The Hall–Kier alpha value is -2.98. The Morgan fingerprint density at radius 3 is 1.79 bits per heavy atom. The Morgan fingerprint density at radius 1 is 0.931 bits per heavy atom. The van der Waals surface area contributed by atoms with Crippen LogP contribution in [0.25, 0.3) is 0 Å². The first-order valence-electron chi connectivity index (χ1n) is 9.20. The molecule has 2 amide bonds. The van der Waals surface area contributed by atoms with E-state index in [0.717, 1.165) is 12.8 Å². The van der Waals surface area contributed by atoms with Gasteiger partial charge in [-0.2, -0.15) is 4.31 Å². The van der Waals surface area contributed by atoms with Gasteiger partial charge in [0.2, 0.25) is 10.0 Å². The van der Waals surface area contributed by atoms with E-state index < -0.39 is 21.0 Å². The van der Waals surface area contributed by atoms with E-state index >= 15 is 0 Å². The molecule has 0 unspecified atom stereocenters. The van der Waals surface area contributed by atoms with E-state index in [4.69, 9.17) is 0 Å². The van der Waals surface area contributed by atoms with Gasteiger partial charge in [0.05, 0.1) is 9.82 Å². The van der Waals surface area contributed by atoms with Crippen LogP contribution in [0.15, 0.2) is 53.4 Å². The molecule has 2 aromatic rings. The molecule has 2 rings (SSSR count). The zero-order chi connectivity index (χ0) is 21.4. The summed E-state index contributed by atoms with van der Waals surface area (Å²) in [6, 6.07) is 10.8. The van der Waals surface area contributed by atoms with E-state index in [1.54, 1.807) is 0 Å². The quantitative estimate of drug-likeness (QED) is 0.468. The second kappa shape index (κ2) is 9.99. The van der Waals surface area contributed by atoms with Crippen molar-refractivity contribution >= 4 is 33.1 Å². The smallest absolute Gasteiger partial charge is 0.308 e. The average molecular weight is 420 g/mol. The topological polar surface area (TPSA) is 122 Å². The van der Waals surface area contributed by atoms with Gasteiger partial charge >= 0.3 is 6.03 Å². The number of carbonyl (C=O) groups excluding carboxylic acids is 1. The molecule has 0 aliphatic carbocycles. The van der Waals surface area contributed by atoms with Gasteiger partial charge in [-0.3, -0.25) is 10.1 Å². The van der Waals surface area contributed by atoms with Crippen molar-refractivity contribution in [2.45, 2.75) is 31.6 Å². The number of benzene rings is 2. The number of anilines is 2. The Balaban J connectivity index is 2.04. The largest absolute Gasteiger partial charge is 0.323 e. The third-order valence-corrected chi connectivity index (χ3v) is 5.94. The van der Waals surface area contributed by atoms with Gasteiger partial charge < -0.3 is 10.6 Å². The fourth-order valence-corrected chi connectivity index (χ4v) is 4.29. The molecule has 29 heavy (non-hydrogen) atoms. The van der Waals surface area contributed by atoms with Crippen LogP contribution in [0.5, 0.6) is 0 Å². The van der Waals surface area contributed by atoms with Crippen LogP contribution >= 0.6 is 0 Å². The van der Waals surface area contributed by atoms with Gasteiger partial charge in [-0.1, -0.05) is 13.8 Å². The van der Waals surface area contributed by atoms with Crippen LogP contribution in [0.4, 0.5) is 21.9 Å². The summed E-state index contributed by atoms with van der Waals surface area (Å²) in [5, 5.41) is 15.8. The fourth-order valence-electron chi connectivity index (χ4n) is 2.67. The average Bonchev–Trinajstić information content (AvgIpc) is 2.68. The van der Waals surface area contributed by atoms with Crippen LogP contribution in [-0.4, -0.2) is 36.8 Å². The molecule has 0 heterocycles. The molecule has 9 nitrogen and oxygen atoms in total. The van der Waals surface area contributed by atoms with Gasteiger partial charge in [-0.15, -0.1) is 0 Å². The monoisotopic (exact) mass is 420 g/mol. The van der Waals surface area contributed by atoms with Crippen LogP contribution < -0.4 is 10.6 Å². The van der Waals surface area contributed by atoms with Gasteiger partial charge in [0.15, 0.2) is 0 Å². The number of nitro groups is 1. The minimum atomic E-state index is -3.58. The van der Waals surface area contributed by atoms with E-state index in [2.05, 4.69) is 10.6 Å². The minimum absolute atomic E-state index is 0.0760. The normalized spacial score (nSPS) is 11.3. The van der Waals surface area contributed by atoms with Crippen LogP contribution in [0.2, 0.25) is 0 Å². The Morgan fingerprint density at radius 2 is 1.38 bits per heavy atom. The maximum atomic E-state index is 12.7. The summed E-state index contributed by atoms with van der Waals surface area (Å²) in [4.78, 5) is 22.4. The highest BCUT2D eigenvalue weighted by atomic mass is 32.2. The summed E-state index contributed by atoms with van der Waals surface area (Å²) < 4.78 is 26.9. The lowest BCUT2D eigenvalue weighted by atomic mass is 10.3. The molecule has 10 heteroatoms. The van der Waals surface area contributed by atoms with Gasteiger partial charge in [0.1, 0.15) is 0 Å². The number of sulfonamides is 1. The van der Waals surface area contributed by atoms with Crippen molar-refractivity contribution in [3.63, 3.8) is 0 Å². The molecular formula is C19H24N4O5S. The van der Waals surface area contributed by atoms with Crippen LogP contribution in [-0.2, 0) is 10.0 Å². The molecule has 2 N–H and O–H groups in total. The van der Waals surface area contributed by atoms with Crippen molar-refractivity contribution in [3.8, 4) is 0 Å². The Labute approximate surface area is 169 Å². The Kier molecular flexibility index (Phi) is 7.68. The number of rotatable bonds is 9. The number of nitro benzene ring substituents is 1. The van der Waals surface area contributed by atoms with Crippen molar-refractivity contribution in [2.24, 2.45) is 0 Å². The van der Waals surface area contributed by atoms with Crippen LogP contribution in [0, 0.1) is 10.1 Å². The van der Waals surface area contributed by atoms with Crippen molar-refractivity contribution in [1.29, 1.82) is 0 Å². The molecule has 0 spiro atoms. The molecule has 156 valence electrons. The number of carbonyl (C=O) groups is 1. The van der Waals surface area contributed by atoms with E-state index in [0.29, 0.717) is 24.5 Å². The fraction of sp³-hybridized carbons (Fsp3) is 0.316. The zero-order valence-electron chi connectivity index (χ0n) is 16.3. The van der Waals surface area contributed by atoms with Crippen molar-refractivity contribution in [3.05, 3.63) is 58.6 Å². The lowest BCUT2D eigenvalue weighted by Crippen LogP contribution is -2.32. The first-order chi connectivity index (χ1) is 13.8. The maximum absolute atomic E-state index is 12.7. The predicted molar refractivity (Wildman–Crippen MR) is 112 cm³/mol. The number of urea groups is 1. The molecule has 2 aromatic carbocycles. The van der Waals surface area contributed by atoms with Gasteiger partial charge in [-0.05, 0) is 49.2 Å². The van der Waals surface area contributed by atoms with Crippen molar-refractivity contribution < 1.29 is 18.1 Å². The summed E-state index contributed by atoms with van der Waals surface area (Å²) in [6.45, 7) is 4.76. The first-order valence-corrected chi connectivity index (χ1v) is 10.6. The molecule has 0 saturated carbocycles. The molecule has 0 atom stereocenters. The zero-order valence-corrected chi connectivity index (χ0v) is 17.1. The van der Waals surface area contributed by atoms with E-state index in [-0.39, 0.29) is 10.6 Å². The summed E-state index contributed by atoms with van der Waals surface area (Å²) in [7, 11) is -3.58. The lowest BCUT2D eigenvalue weighted by molar-refractivity contribution is -0.384. The summed E-state index contributed by atoms with van der Waals surface area (Å²) in [6.07, 6.45) is 1.45. The number of nitrogens with one attached hydrogen (secondary N) is 2. The second-order valence-electron chi connectivity index (χ2n) is 6.31. The highest BCUT2D eigenvalue weighted by Crippen LogP contribution is 2.20. The predicted octanol–water partition coefficient (Wildman–Crippen LogP) is 4.05. The third kappa shape index (κ3) is 6.00. The standard InChI is InChI=1S/C19H24N4O5S/c1-3-13-22(14-4-2)29(27,28)18-11-7-16(8-12-18)21-19(24)20-15-5-9-17(10-6-15)23(25)26/h5-12H,3-4,13-14H2,1-2H3,(H2,20,21,24). The van der Waals surface area contributed by atoms with Gasteiger partial charge in [-0.25, -0.2) is 13.2 Å². The molecule has 0 aliphatic heterocycles. The molecule has 0 aliphatic rings. The highest BCUT2D eigenvalue weighted by molar-refractivity contribution is 7.89. The molecule has 0 saturated heterocycles. The summed E-state index contributed by atoms with van der Waals surface area (Å²) in [5.41, 5.74) is 0.732. The second-order valence-corrected chi connectivity index (χ2v) is 8.25. The van der Waals surface area contributed by atoms with E-state index in [1.165, 1.54) is 52.8 Å².